The Morgan fingerprint density at radius 1 is 1.04 bits per heavy atom. The molecule has 8 heteroatoms. The third-order valence-corrected chi connectivity index (χ3v) is 4.29. The van der Waals surface area contributed by atoms with Gasteiger partial charge < -0.3 is 34.6 Å². The van der Waals surface area contributed by atoms with Crippen LogP contribution in [0.25, 0.3) is 0 Å². The van der Waals surface area contributed by atoms with Crippen molar-refractivity contribution in [3.05, 3.63) is 29.3 Å². The average molecular weight is 362 g/mol. The third kappa shape index (κ3) is 2.69. The number of carbonyl (C=O) groups is 1. The molecule has 3 rings (SSSR count). The molecule has 4 N–H and O–H groups in total. The normalized spacial score (nSPS) is 15.9. The maximum absolute atomic E-state index is 12.9. The lowest BCUT2D eigenvalue weighted by Crippen LogP contribution is -2.30. The van der Waals surface area contributed by atoms with E-state index in [1.807, 2.05) is 0 Å². The predicted molar refractivity (Wildman–Crippen MR) is 89.7 cm³/mol. The van der Waals surface area contributed by atoms with Crippen LogP contribution in [-0.4, -0.2) is 47.0 Å². The van der Waals surface area contributed by atoms with Crippen LogP contribution in [0.15, 0.2) is 18.2 Å². The lowest BCUT2D eigenvalue weighted by Gasteiger charge is -2.27. The first kappa shape index (κ1) is 17.5. The minimum atomic E-state index is -0.658. The Kier molecular flexibility index (Phi) is 4.41. The van der Waals surface area contributed by atoms with E-state index in [-0.39, 0.29) is 47.3 Å². The van der Waals surface area contributed by atoms with Crippen molar-refractivity contribution in [3.63, 3.8) is 0 Å². The molecule has 2 aromatic rings. The fraction of sp³-hybridized carbons (Fsp3) is 0.278. The molecule has 0 spiro atoms. The Hall–Kier alpha value is -3.29. The second-order valence-electron chi connectivity index (χ2n) is 5.87. The molecule has 1 heterocycles. The first-order chi connectivity index (χ1) is 12.4. The zero-order valence-corrected chi connectivity index (χ0v) is 14.1. The summed E-state index contributed by atoms with van der Waals surface area (Å²) in [7, 11) is 2.61. The Morgan fingerprint density at radius 3 is 2.35 bits per heavy atom. The van der Waals surface area contributed by atoms with Crippen LogP contribution >= 0.6 is 0 Å². The van der Waals surface area contributed by atoms with Crippen molar-refractivity contribution in [2.75, 3.05) is 20.8 Å². The van der Waals surface area contributed by atoms with Crippen molar-refractivity contribution in [1.82, 2.24) is 0 Å². The summed E-state index contributed by atoms with van der Waals surface area (Å²) in [6.07, 6.45) is 0.209. The summed E-state index contributed by atoms with van der Waals surface area (Å²) < 4.78 is 15.8. The average Bonchev–Trinajstić information content (AvgIpc) is 2.62. The molecular weight excluding hydrogens is 344 g/mol. The molecule has 1 aliphatic heterocycles. The fourth-order valence-corrected chi connectivity index (χ4v) is 2.99. The van der Waals surface area contributed by atoms with Gasteiger partial charge >= 0.3 is 0 Å². The van der Waals surface area contributed by atoms with Gasteiger partial charge in [0, 0.05) is 0 Å². The van der Waals surface area contributed by atoms with Gasteiger partial charge in [0.15, 0.2) is 28.8 Å². The molecule has 0 aromatic heterocycles. The van der Waals surface area contributed by atoms with Gasteiger partial charge in [0.05, 0.1) is 26.7 Å². The van der Waals surface area contributed by atoms with E-state index in [2.05, 4.69) is 0 Å². The number of phenolic OH excluding ortho intramolecular Hbond substituents is 4. The quantitative estimate of drug-likeness (QED) is 0.608. The highest BCUT2D eigenvalue weighted by molar-refractivity contribution is 6.06. The van der Waals surface area contributed by atoms with Crippen LogP contribution < -0.4 is 14.2 Å². The Bertz CT molecular complexity index is 874. The van der Waals surface area contributed by atoms with Gasteiger partial charge in [-0.25, -0.2) is 0 Å². The van der Waals surface area contributed by atoms with Crippen molar-refractivity contribution in [2.24, 2.45) is 5.92 Å². The summed E-state index contributed by atoms with van der Waals surface area (Å²) in [5, 5.41) is 39.3. The van der Waals surface area contributed by atoms with Gasteiger partial charge in [0.1, 0.15) is 5.56 Å². The number of fused-ring (bicyclic) bond motifs is 1. The maximum atomic E-state index is 12.9. The van der Waals surface area contributed by atoms with Crippen molar-refractivity contribution >= 4 is 5.78 Å². The molecular formula is C18H18O8. The molecule has 1 atom stereocenters. The summed E-state index contributed by atoms with van der Waals surface area (Å²) in [5.74, 6) is -2.99. The van der Waals surface area contributed by atoms with E-state index in [9.17, 15) is 25.2 Å². The molecule has 0 aliphatic carbocycles. The molecule has 0 fully saturated rings. The van der Waals surface area contributed by atoms with E-state index in [0.717, 1.165) is 0 Å². The van der Waals surface area contributed by atoms with E-state index in [0.29, 0.717) is 5.56 Å². The lowest BCUT2D eigenvalue weighted by atomic mass is 9.88. The number of ether oxygens (including phenoxy) is 3. The summed E-state index contributed by atoms with van der Waals surface area (Å²) in [5.41, 5.74) is 0.425. The molecule has 0 unspecified atom stereocenters. The number of benzene rings is 2. The molecule has 8 nitrogen and oxygen atoms in total. The van der Waals surface area contributed by atoms with E-state index >= 15 is 0 Å². The molecule has 26 heavy (non-hydrogen) atoms. The zero-order chi connectivity index (χ0) is 19.0. The van der Waals surface area contributed by atoms with E-state index < -0.39 is 23.2 Å². The summed E-state index contributed by atoms with van der Waals surface area (Å²) in [6.45, 7) is 0.0111. The Morgan fingerprint density at radius 2 is 1.73 bits per heavy atom. The Balaban J connectivity index is 2.00. The minimum Gasteiger partial charge on any atom is -0.504 e. The molecule has 0 radical (unpaired) electrons. The molecule has 0 saturated heterocycles. The topological polar surface area (TPSA) is 126 Å². The highest BCUT2D eigenvalue weighted by atomic mass is 16.5. The maximum Gasteiger partial charge on any atom is 0.211 e. The monoisotopic (exact) mass is 362 g/mol. The van der Waals surface area contributed by atoms with Crippen molar-refractivity contribution in [2.45, 2.75) is 6.42 Å². The van der Waals surface area contributed by atoms with Crippen LogP contribution in [0.2, 0.25) is 0 Å². The molecule has 138 valence electrons. The Labute approximate surface area is 148 Å². The number of hydrogen-bond donors (Lipinski definition) is 4. The number of phenols is 4. The van der Waals surface area contributed by atoms with Crippen molar-refractivity contribution in [1.29, 1.82) is 0 Å². The SMILES string of the molecule is COc1c(O)c(O)c2c(c1OC)OC[C@@H](Cc1ccc(O)c(O)c1)C2=O. The van der Waals surface area contributed by atoms with Gasteiger partial charge in [-0.15, -0.1) is 0 Å². The van der Waals surface area contributed by atoms with Gasteiger partial charge in [-0.1, -0.05) is 6.07 Å². The molecule has 0 bridgehead atoms. The highest BCUT2D eigenvalue weighted by Gasteiger charge is 2.38. The van der Waals surface area contributed by atoms with Crippen LogP contribution in [0, 0.1) is 5.92 Å². The van der Waals surface area contributed by atoms with Gasteiger partial charge in [-0.05, 0) is 24.1 Å². The highest BCUT2D eigenvalue weighted by Crippen LogP contribution is 2.54. The van der Waals surface area contributed by atoms with Crippen LogP contribution in [0.3, 0.4) is 0 Å². The number of ketones is 1. The molecule has 0 amide bonds. The van der Waals surface area contributed by atoms with Gasteiger partial charge in [0.25, 0.3) is 0 Å². The van der Waals surface area contributed by atoms with E-state index in [1.165, 1.54) is 26.4 Å². The van der Waals surface area contributed by atoms with Crippen LogP contribution in [0.4, 0.5) is 0 Å². The number of rotatable bonds is 4. The fourth-order valence-electron chi connectivity index (χ4n) is 2.99. The van der Waals surface area contributed by atoms with Gasteiger partial charge in [-0.3, -0.25) is 4.79 Å². The lowest BCUT2D eigenvalue weighted by molar-refractivity contribution is 0.0818. The van der Waals surface area contributed by atoms with E-state index in [4.69, 9.17) is 14.2 Å². The summed E-state index contributed by atoms with van der Waals surface area (Å²) in [6, 6.07) is 4.25. The largest absolute Gasteiger partial charge is 0.504 e. The molecule has 1 aliphatic rings. The second-order valence-corrected chi connectivity index (χ2v) is 5.87. The standard InChI is InChI=1S/C18H18O8/c1-24-17-15(23)14(22)12-13(21)9(7-26-16(12)18(17)25-2)5-8-3-4-10(19)11(20)6-8/h3-4,6,9,19-20,22-23H,5,7H2,1-2H3/t9-/m1/s1. The van der Waals surface area contributed by atoms with Gasteiger partial charge in [-0.2, -0.15) is 0 Å². The first-order valence-corrected chi connectivity index (χ1v) is 7.76. The summed E-state index contributed by atoms with van der Waals surface area (Å²) in [4.78, 5) is 12.9. The number of carbonyl (C=O) groups excluding carboxylic acids is 1. The van der Waals surface area contributed by atoms with Gasteiger partial charge in [0.2, 0.25) is 17.2 Å². The van der Waals surface area contributed by atoms with Crippen LogP contribution in [0.5, 0.6) is 40.2 Å². The summed E-state index contributed by atoms with van der Waals surface area (Å²) >= 11 is 0. The first-order valence-electron chi connectivity index (χ1n) is 7.76. The third-order valence-electron chi connectivity index (χ3n) is 4.29. The number of Topliss-reactive ketones (excluding diaryl/α,β-unsaturated/α-hetero) is 1. The zero-order valence-electron chi connectivity index (χ0n) is 14.1. The minimum absolute atomic E-state index is 0.00875. The number of methoxy groups -OCH3 is 2. The predicted octanol–water partition coefficient (Wildman–Crippen LogP) is 1.96. The molecule has 0 saturated carbocycles. The van der Waals surface area contributed by atoms with Crippen molar-refractivity contribution < 1.29 is 39.4 Å². The van der Waals surface area contributed by atoms with Crippen LogP contribution in [0.1, 0.15) is 15.9 Å². The second kappa shape index (κ2) is 6.55. The number of hydrogen-bond acceptors (Lipinski definition) is 8. The number of aromatic hydroxyl groups is 4. The van der Waals surface area contributed by atoms with Crippen LogP contribution in [-0.2, 0) is 6.42 Å². The van der Waals surface area contributed by atoms with E-state index in [1.54, 1.807) is 6.07 Å². The smallest absolute Gasteiger partial charge is 0.211 e. The molecule has 2 aromatic carbocycles. The van der Waals surface area contributed by atoms with Crippen molar-refractivity contribution in [3.8, 4) is 40.2 Å².